The zero-order valence-electron chi connectivity index (χ0n) is 66.9. The fourth-order valence-electron chi connectivity index (χ4n) is 15.6. The Morgan fingerprint density at radius 1 is 0.305 bits per heavy atom. The van der Waals surface area contributed by atoms with Gasteiger partial charge in [0.25, 0.3) is 0 Å². The smallest absolute Gasteiger partial charge is 0.126 e. The van der Waals surface area contributed by atoms with Crippen LogP contribution in [0.1, 0.15) is 240 Å². The van der Waals surface area contributed by atoms with Gasteiger partial charge >= 0.3 is 0 Å². The van der Waals surface area contributed by atoms with Gasteiger partial charge in [-0.05, 0) is 174 Å². The third-order valence-electron chi connectivity index (χ3n) is 21.6. The van der Waals surface area contributed by atoms with Crippen molar-refractivity contribution in [3.8, 4) is 34.5 Å². The second-order valence-corrected chi connectivity index (χ2v) is 37.3. The molecule has 13 rings (SSSR count). The van der Waals surface area contributed by atoms with Crippen molar-refractivity contribution in [2.75, 3.05) is 60.8 Å². The Morgan fingerprint density at radius 2 is 0.524 bits per heavy atom. The number of rotatable bonds is 4. The first-order valence-electron chi connectivity index (χ1n) is 38.5. The summed E-state index contributed by atoms with van der Waals surface area (Å²) in [6.45, 7) is 44.8. The molecule has 0 saturated carbocycles. The molecule has 9 aromatic carbocycles. The van der Waals surface area contributed by atoms with E-state index in [0.29, 0.717) is 97.6 Å². The number of benzene rings is 9. The molecule has 16 bridgehead atoms. The van der Waals surface area contributed by atoms with Crippen molar-refractivity contribution < 1.29 is 28.4 Å². The highest BCUT2D eigenvalue weighted by molar-refractivity contribution is 7.80. The summed E-state index contributed by atoms with van der Waals surface area (Å²) in [7, 11) is 4.48. The molecule has 0 spiro atoms. The topological polar surface area (TPSA) is 91.5 Å². The Bertz CT molecular complexity index is 4380. The van der Waals surface area contributed by atoms with Crippen molar-refractivity contribution in [3.05, 3.63) is 262 Å². The van der Waals surface area contributed by atoms with Crippen LogP contribution in [0, 0.1) is 0 Å². The van der Waals surface area contributed by atoms with E-state index >= 15 is 0 Å². The second-order valence-electron chi connectivity index (χ2n) is 35.2. The lowest BCUT2D eigenvalue weighted by molar-refractivity contribution is 0.307. The fourth-order valence-corrected chi connectivity index (χ4v) is 18.4. The Morgan fingerprint density at radius 3 is 0.743 bits per heavy atom. The minimum atomic E-state index is -1.10. The number of hydrogen-bond donors (Lipinski definition) is 3. The van der Waals surface area contributed by atoms with Gasteiger partial charge in [-0.15, -0.1) is 0 Å². The molecular formula is C95H118N3O6P. The van der Waals surface area contributed by atoms with E-state index in [0.717, 1.165) is 101 Å². The molecule has 0 unspecified atom stereocenters. The van der Waals surface area contributed by atoms with Gasteiger partial charge in [0.2, 0.25) is 0 Å². The zero-order valence-corrected chi connectivity index (χ0v) is 67.8. The Kier molecular flexibility index (Phi) is 23.0. The van der Waals surface area contributed by atoms with Gasteiger partial charge in [0.05, 0.1) is 21.3 Å². The van der Waals surface area contributed by atoms with Gasteiger partial charge in [-0.3, -0.25) is 0 Å². The third-order valence-corrected chi connectivity index (χ3v) is 24.3. The van der Waals surface area contributed by atoms with E-state index in [1.807, 2.05) is 21.3 Å². The molecule has 0 aromatic heterocycles. The average Bonchev–Trinajstić information content (AvgIpc) is 0.935. The van der Waals surface area contributed by atoms with Crippen molar-refractivity contribution >= 4 is 23.8 Å². The van der Waals surface area contributed by atoms with Gasteiger partial charge in [0.1, 0.15) is 54.3 Å². The first kappa shape index (κ1) is 76.7. The van der Waals surface area contributed by atoms with E-state index in [-0.39, 0.29) is 33.0 Å². The van der Waals surface area contributed by atoms with Crippen LogP contribution in [0.2, 0.25) is 0 Å². The van der Waals surface area contributed by atoms with E-state index in [9.17, 15) is 0 Å². The maximum atomic E-state index is 7.60. The number of fused-ring (bicyclic) bond motifs is 12. The molecule has 10 heteroatoms. The predicted molar refractivity (Wildman–Crippen MR) is 439 cm³/mol. The lowest BCUT2D eigenvalue weighted by atomic mass is 9.79. The highest BCUT2D eigenvalue weighted by Crippen LogP contribution is 2.47. The largest absolute Gasteiger partial charge is 0.496 e. The fraction of sp³-hybridized carbons (Fsp3) is 0.432. The third kappa shape index (κ3) is 17.4. The summed E-state index contributed by atoms with van der Waals surface area (Å²) >= 11 is 0. The van der Waals surface area contributed by atoms with E-state index in [1.54, 1.807) is 0 Å². The Labute approximate surface area is 631 Å². The van der Waals surface area contributed by atoms with Crippen LogP contribution in [0.4, 0.5) is 0 Å². The van der Waals surface area contributed by atoms with Gasteiger partial charge in [-0.2, -0.15) is 0 Å². The minimum absolute atomic E-state index is 0.216. The van der Waals surface area contributed by atoms with Crippen molar-refractivity contribution in [1.82, 2.24) is 16.0 Å². The monoisotopic (exact) mass is 1430 g/mol. The highest BCUT2D eigenvalue weighted by atomic mass is 31.1. The molecule has 3 heterocycles. The number of nitrogens with one attached hydrogen (secondary N) is 3. The molecule has 0 amide bonds. The van der Waals surface area contributed by atoms with E-state index in [1.165, 1.54) is 66.0 Å². The first-order valence-corrected chi connectivity index (χ1v) is 39.9. The molecule has 4 aliphatic rings. The van der Waals surface area contributed by atoms with Crippen molar-refractivity contribution in [1.29, 1.82) is 0 Å². The molecule has 1 aliphatic carbocycles. The van der Waals surface area contributed by atoms with Crippen LogP contribution in [0.5, 0.6) is 34.5 Å². The van der Waals surface area contributed by atoms with E-state index in [2.05, 4.69) is 279 Å². The molecular weight excluding hydrogens is 1310 g/mol. The van der Waals surface area contributed by atoms with Gasteiger partial charge in [-0.25, -0.2) is 0 Å². The molecule has 3 aliphatic heterocycles. The van der Waals surface area contributed by atoms with E-state index < -0.39 is 7.92 Å². The average molecular weight is 1430 g/mol. The molecule has 554 valence electrons. The van der Waals surface area contributed by atoms with Crippen molar-refractivity contribution in [2.45, 2.75) is 209 Å². The van der Waals surface area contributed by atoms with Gasteiger partial charge < -0.3 is 44.4 Å². The SMILES string of the molecule is COc1c2cc(C(C)C)cc1Cc1cc(C(C)(C)C)cc3c1OCCNCc1ccccc1P1c4ccccc4CNCCOc4c(cc(C(C)(C)C)cc4Cc4cc(C(C)(C)C)cc(c4OC)Cc4cc(C(C)(C)C)cc(c4OCCNCc4ccccc41)Cc1cc(C(C)(C)C)cc(c1OC)C3)C2. The minimum Gasteiger partial charge on any atom is -0.496 e. The predicted octanol–water partition coefficient (Wildman–Crippen LogP) is 19.1. The van der Waals surface area contributed by atoms with Gasteiger partial charge in [0, 0.05) is 77.8 Å². The van der Waals surface area contributed by atoms with E-state index in [4.69, 9.17) is 28.4 Å². The van der Waals surface area contributed by atoms with Crippen LogP contribution in [0.25, 0.3) is 0 Å². The van der Waals surface area contributed by atoms with Crippen LogP contribution in [0.3, 0.4) is 0 Å². The van der Waals surface area contributed by atoms with Crippen LogP contribution >= 0.6 is 7.92 Å². The second kappa shape index (κ2) is 31.5. The molecule has 0 atom stereocenters. The molecule has 105 heavy (non-hydrogen) atoms. The van der Waals surface area contributed by atoms with Crippen LogP contribution < -0.4 is 60.3 Å². The van der Waals surface area contributed by atoms with Crippen molar-refractivity contribution in [3.63, 3.8) is 0 Å². The molecule has 3 N–H and O–H groups in total. The summed E-state index contributed by atoms with van der Waals surface area (Å²) in [5.41, 5.74) is 23.5. The number of ether oxygens (including phenoxy) is 6. The summed E-state index contributed by atoms with van der Waals surface area (Å²) in [4.78, 5) is 0. The molecule has 0 fully saturated rings. The summed E-state index contributed by atoms with van der Waals surface area (Å²) in [6.07, 6.45) is 3.39. The number of hydrogen-bond acceptors (Lipinski definition) is 9. The Balaban J connectivity index is 1.23. The molecule has 9 nitrogen and oxygen atoms in total. The summed E-state index contributed by atoms with van der Waals surface area (Å²) in [6, 6.07) is 56.5. The van der Waals surface area contributed by atoms with Crippen molar-refractivity contribution in [2.24, 2.45) is 0 Å². The summed E-state index contributed by atoms with van der Waals surface area (Å²) < 4.78 is 43.5. The summed E-state index contributed by atoms with van der Waals surface area (Å²) in [5.74, 6) is 5.54. The van der Waals surface area contributed by atoms with Gasteiger partial charge in [0.15, 0.2) is 0 Å². The lowest BCUT2D eigenvalue weighted by Crippen LogP contribution is -2.32. The standard InChI is InChI=1S/C95H118N3O6P/c1-60(2)64-39-65-41-71-51-79(93(9,10)11)53-73-43-67-47-77(91(3,4)5)49-69(86(67)100-19)45-75-55-81(95(15,16)17)56-76-46-70-50-78(92(6,7)8)48-68(87(70)101-20)44-74-54-80(94(12,13)14)52-72(42-66(40-64)85(65)99-18)89(74)103-37-34-97-58-62-28-22-25-31-83(62)105(82-30-24-21-27-61(82)57-96-33-36-102-88(71)73)84-32-26-23-29-63(84)59-98-35-38-104-90(75)76/h21-32,39-40,47-56,60,96-98H,33-38,41-46,57-59H2,1-20H3. The molecule has 0 radical (unpaired) electrons. The normalized spacial score (nSPS) is 15.4. The summed E-state index contributed by atoms with van der Waals surface area (Å²) in [5, 5.41) is 15.9. The molecule has 0 saturated heterocycles. The zero-order chi connectivity index (χ0) is 74.9. The quantitative estimate of drug-likeness (QED) is 0.149. The van der Waals surface area contributed by atoms with Crippen LogP contribution in [0.15, 0.2) is 146 Å². The maximum Gasteiger partial charge on any atom is 0.126 e. The first-order chi connectivity index (χ1) is 49.9. The van der Waals surface area contributed by atoms with Crippen LogP contribution in [-0.2, 0) is 85.2 Å². The van der Waals surface area contributed by atoms with Crippen LogP contribution in [-0.4, -0.2) is 60.8 Å². The van der Waals surface area contributed by atoms with Gasteiger partial charge in [-0.1, -0.05) is 263 Å². The molecule has 9 aromatic rings. The maximum absolute atomic E-state index is 7.60. The number of methoxy groups -OCH3 is 3. The Hall–Kier alpha value is -7.91. The highest BCUT2D eigenvalue weighted by Gasteiger charge is 2.32. The lowest BCUT2D eigenvalue weighted by Gasteiger charge is -2.29.